The lowest BCUT2D eigenvalue weighted by molar-refractivity contribution is 0.628. The minimum Gasteiger partial charge on any atom is -0.262 e. The van der Waals surface area contributed by atoms with Crippen LogP contribution in [0.3, 0.4) is 0 Å². The standard InChI is InChI=1S/C11H5Cl2FN4/c12-7-3-6(1-2-8(7)14)11-17-16-10-5-15-4-9(13)18(10)11/h1-5H. The van der Waals surface area contributed by atoms with Crippen LogP contribution in [0.15, 0.2) is 30.6 Å². The monoisotopic (exact) mass is 282 g/mol. The largest absolute Gasteiger partial charge is 0.262 e. The summed E-state index contributed by atoms with van der Waals surface area (Å²) in [7, 11) is 0. The van der Waals surface area contributed by atoms with Crippen molar-refractivity contribution in [3.05, 3.63) is 46.6 Å². The van der Waals surface area contributed by atoms with Gasteiger partial charge < -0.3 is 0 Å². The second kappa shape index (κ2) is 4.19. The van der Waals surface area contributed by atoms with Crippen molar-refractivity contribution in [1.82, 2.24) is 19.6 Å². The summed E-state index contributed by atoms with van der Waals surface area (Å²) < 4.78 is 14.7. The molecule has 0 aliphatic heterocycles. The zero-order chi connectivity index (χ0) is 12.7. The summed E-state index contributed by atoms with van der Waals surface area (Å²) in [5.41, 5.74) is 1.14. The zero-order valence-corrected chi connectivity index (χ0v) is 10.3. The fourth-order valence-electron chi connectivity index (χ4n) is 1.64. The van der Waals surface area contributed by atoms with Crippen LogP contribution in [0.25, 0.3) is 17.0 Å². The average molecular weight is 283 g/mol. The van der Waals surface area contributed by atoms with E-state index in [-0.39, 0.29) is 5.02 Å². The fraction of sp³-hybridized carbons (Fsp3) is 0. The summed E-state index contributed by atoms with van der Waals surface area (Å²) >= 11 is 11.8. The summed E-state index contributed by atoms with van der Waals surface area (Å²) in [4.78, 5) is 3.91. The molecule has 18 heavy (non-hydrogen) atoms. The van der Waals surface area contributed by atoms with Gasteiger partial charge in [-0.25, -0.2) is 4.39 Å². The first kappa shape index (κ1) is 11.4. The summed E-state index contributed by atoms with van der Waals surface area (Å²) in [6.07, 6.45) is 3.01. The van der Waals surface area contributed by atoms with Crippen LogP contribution in [0.1, 0.15) is 0 Å². The summed E-state index contributed by atoms with van der Waals surface area (Å²) in [5.74, 6) is 0.00120. The first-order valence-corrected chi connectivity index (χ1v) is 5.72. The van der Waals surface area contributed by atoms with Crippen LogP contribution in [0.4, 0.5) is 4.39 Å². The molecule has 0 fully saturated rings. The van der Waals surface area contributed by atoms with Crippen molar-refractivity contribution in [2.45, 2.75) is 0 Å². The highest BCUT2D eigenvalue weighted by molar-refractivity contribution is 6.31. The van der Waals surface area contributed by atoms with E-state index in [2.05, 4.69) is 15.2 Å². The molecule has 3 rings (SSSR count). The third-order valence-corrected chi connectivity index (χ3v) is 3.01. The quantitative estimate of drug-likeness (QED) is 0.688. The van der Waals surface area contributed by atoms with Gasteiger partial charge in [-0.2, -0.15) is 0 Å². The molecule has 0 atom stereocenters. The lowest BCUT2D eigenvalue weighted by Gasteiger charge is -2.02. The van der Waals surface area contributed by atoms with Gasteiger partial charge in [-0.3, -0.25) is 9.38 Å². The number of nitrogens with zero attached hydrogens (tertiary/aromatic N) is 4. The van der Waals surface area contributed by atoms with Crippen molar-refractivity contribution in [3.8, 4) is 11.4 Å². The Kier molecular flexibility index (Phi) is 2.65. The molecule has 0 spiro atoms. The Balaban J connectivity index is 2.28. The first-order chi connectivity index (χ1) is 8.66. The van der Waals surface area contributed by atoms with E-state index in [1.165, 1.54) is 24.5 Å². The first-order valence-electron chi connectivity index (χ1n) is 4.97. The van der Waals surface area contributed by atoms with E-state index in [1.54, 1.807) is 10.5 Å². The van der Waals surface area contributed by atoms with Crippen molar-refractivity contribution in [2.75, 3.05) is 0 Å². The van der Waals surface area contributed by atoms with Gasteiger partial charge in [0, 0.05) is 5.56 Å². The number of aromatic nitrogens is 4. The maximum atomic E-state index is 13.1. The third kappa shape index (κ3) is 1.72. The van der Waals surface area contributed by atoms with Crippen molar-refractivity contribution >= 4 is 28.8 Å². The van der Waals surface area contributed by atoms with E-state index >= 15 is 0 Å². The molecule has 0 aliphatic carbocycles. The number of halogens is 3. The number of rotatable bonds is 1. The van der Waals surface area contributed by atoms with Gasteiger partial charge in [0.05, 0.1) is 17.4 Å². The van der Waals surface area contributed by atoms with Crippen molar-refractivity contribution in [3.63, 3.8) is 0 Å². The molecule has 0 unspecified atom stereocenters. The molecular weight excluding hydrogens is 278 g/mol. The summed E-state index contributed by atoms with van der Waals surface area (Å²) in [6, 6.07) is 4.31. The second-order valence-electron chi connectivity index (χ2n) is 3.58. The molecule has 0 radical (unpaired) electrons. The number of hydrogen-bond donors (Lipinski definition) is 0. The molecule has 7 heteroatoms. The van der Waals surface area contributed by atoms with Crippen molar-refractivity contribution in [1.29, 1.82) is 0 Å². The molecule has 0 bridgehead atoms. The Morgan fingerprint density at radius 1 is 1.11 bits per heavy atom. The average Bonchev–Trinajstić information content (AvgIpc) is 2.78. The zero-order valence-electron chi connectivity index (χ0n) is 8.81. The minimum atomic E-state index is -0.484. The van der Waals surface area contributed by atoms with Gasteiger partial charge in [0.2, 0.25) is 0 Å². The fourth-order valence-corrected chi connectivity index (χ4v) is 2.04. The minimum absolute atomic E-state index is 0.0226. The Labute approximate surface area is 111 Å². The van der Waals surface area contributed by atoms with Crippen LogP contribution < -0.4 is 0 Å². The molecule has 0 N–H and O–H groups in total. The highest BCUT2D eigenvalue weighted by Crippen LogP contribution is 2.25. The van der Waals surface area contributed by atoms with Gasteiger partial charge in [0.25, 0.3) is 0 Å². The molecule has 0 saturated heterocycles. The van der Waals surface area contributed by atoms with E-state index < -0.39 is 5.82 Å². The molecule has 3 aromatic rings. The number of benzene rings is 1. The lowest BCUT2D eigenvalue weighted by atomic mass is 10.2. The van der Waals surface area contributed by atoms with E-state index in [9.17, 15) is 4.39 Å². The maximum absolute atomic E-state index is 13.1. The highest BCUT2D eigenvalue weighted by Gasteiger charge is 2.12. The molecular formula is C11H5Cl2FN4. The third-order valence-electron chi connectivity index (χ3n) is 2.45. The maximum Gasteiger partial charge on any atom is 0.180 e. The predicted octanol–water partition coefficient (Wildman–Crippen LogP) is 3.24. The number of fused-ring (bicyclic) bond motifs is 1. The van der Waals surface area contributed by atoms with Gasteiger partial charge in [0.1, 0.15) is 11.0 Å². The topological polar surface area (TPSA) is 43.1 Å². The van der Waals surface area contributed by atoms with Crippen LogP contribution in [-0.4, -0.2) is 19.6 Å². The molecule has 2 aromatic heterocycles. The van der Waals surface area contributed by atoms with E-state index in [4.69, 9.17) is 23.2 Å². The van der Waals surface area contributed by atoms with Crippen molar-refractivity contribution in [2.24, 2.45) is 0 Å². The molecule has 1 aromatic carbocycles. The van der Waals surface area contributed by atoms with Gasteiger partial charge >= 0.3 is 0 Å². The molecule has 2 heterocycles. The van der Waals surface area contributed by atoms with Gasteiger partial charge in [-0.1, -0.05) is 23.2 Å². The van der Waals surface area contributed by atoms with Crippen LogP contribution in [0.5, 0.6) is 0 Å². The molecule has 0 aliphatic rings. The Morgan fingerprint density at radius 2 is 1.94 bits per heavy atom. The van der Waals surface area contributed by atoms with E-state index in [1.807, 2.05) is 0 Å². The van der Waals surface area contributed by atoms with Crippen molar-refractivity contribution < 1.29 is 4.39 Å². The van der Waals surface area contributed by atoms with E-state index in [0.717, 1.165) is 0 Å². The van der Waals surface area contributed by atoms with E-state index in [0.29, 0.717) is 22.2 Å². The lowest BCUT2D eigenvalue weighted by Crippen LogP contribution is -1.92. The van der Waals surface area contributed by atoms with Gasteiger partial charge in [0.15, 0.2) is 11.5 Å². The molecule has 0 saturated carbocycles. The van der Waals surface area contributed by atoms with Gasteiger partial charge in [-0.05, 0) is 18.2 Å². The second-order valence-corrected chi connectivity index (χ2v) is 4.37. The Morgan fingerprint density at radius 3 is 2.72 bits per heavy atom. The predicted molar refractivity (Wildman–Crippen MR) is 66.2 cm³/mol. The smallest absolute Gasteiger partial charge is 0.180 e. The Bertz CT molecular complexity index is 741. The molecule has 90 valence electrons. The van der Waals surface area contributed by atoms with Crippen LogP contribution in [0.2, 0.25) is 10.2 Å². The Hall–Kier alpha value is -1.72. The SMILES string of the molecule is Fc1ccc(-c2nnc3cncc(Cl)n23)cc1Cl. The molecule has 0 amide bonds. The number of hydrogen-bond acceptors (Lipinski definition) is 3. The van der Waals surface area contributed by atoms with Gasteiger partial charge in [-0.15, -0.1) is 10.2 Å². The van der Waals surface area contributed by atoms with Crippen LogP contribution in [-0.2, 0) is 0 Å². The van der Waals surface area contributed by atoms with Crippen LogP contribution >= 0.6 is 23.2 Å². The normalized spacial score (nSPS) is 11.1. The molecule has 4 nitrogen and oxygen atoms in total. The highest BCUT2D eigenvalue weighted by atomic mass is 35.5. The summed E-state index contributed by atoms with van der Waals surface area (Å²) in [5, 5.41) is 8.33. The van der Waals surface area contributed by atoms with Crippen LogP contribution in [0, 0.1) is 5.82 Å². The summed E-state index contributed by atoms with van der Waals surface area (Å²) in [6.45, 7) is 0.